The van der Waals surface area contributed by atoms with Crippen LogP contribution in [0.4, 0.5) is 5.82 Å². The molecule has 1 saturated carbocycles. The number of nitrogens with zero attached hydrogens (tertiary/aromatic N) is 1. The Bertz CT molecular complexity index is 442. The largest absolute Gasteiger partial charge is 0.372 e. The third-order valence-corrected chi connectivity index (χ3v) is 3.59. The first-order chi connectivity index (χ1) is 8.52. The van der Waals surface area contributed by atoms with E-state index in [2.05, 4.69) is 29.5 Å². The molecule has 1 aliphatic rings. The van der Waals surface area contributed by atoms with E-state index in [0.29, 0.717) is 16.8 Å². The molecule has 4 nitrogen and oxygen atoms in total. The molecule has 0 bridgehead atoms. The van der Waals surface area contributed by atoms with Gasteiger partial charge in [0.1, 0.15) is 5.82 Å². The lowest BCUT2D eigenvalue weighted by Crippen LogP contribution is -2.34. The quantitative estimate of drug-likeness (QED) is 0.862. The molecule has 2 rings (SSSR count). The molecular weight excluding hydrogens is 226 g/mol. The Morgan fingerprint density at radius 2 is 2.28 bits per heavy atom. The van der Waals surface area contributed by atoms with Gasteiger partial charge in [0.05, 0.1) is 5.56 Å². The minimum absolute atomic E-state index is 0.0323. The molecule has 1 atom stereocenters. The maximum atomic E-state index is 12.2. The summed E-state index contributed by atoms with van der Waals surface area (Å²) in [6, 6.07) is 3.88. The highest BCUT2D eigenvalue weighted by Crippen LogP contribution is 2.37. The molecule has 0 aliphatic heterocycles. The van der Waals surface area contributed by atoms with E-state index in [1.165, 1.54) is 6.42 Å². The first kappa shape index (κ1) is 12.9. The van der Waals surface area contributed by atoms with Gasteiger partial charge in [0.2, 0.25) is 0 Å². The second kappa shape index (κ2) is 4.96. The highest BCUT2D eigenvalue weighted by atomic mass is 16.1. The number of anilines is 1. The topological polar surface area (TPSA) is 54.0 Å². The van der Waals surface area contributed by atoms with Gasteiger partial charge in [-0.1, -0.05) is 13.8 Å². The number of amides is 1. The van der Waals surface area contributed by atoms with Crippen molar-refractivity contribution < 1.29 is 4.79 Å². The summed E-state index contributed by atoms with van der Waals surface area (Å²) in [5, 5.41) is 6.05. The molecule has 0 saturated heterocycles. The van der Waals surface area contributed by atoms with Crippen LogP contribution in [0.5, 0.6) is 0 Å². The van der Waals surface area contributed by atoms with Gasteiger partial charge in [0.25, 0.3) is 5.91 Å². The highest BCUT2D eigenvalue weighted by molar-refractivity contribution is 5.98. The third kappa shape index (κ3) is 2.81. The molecule has 0 spiro atoms. The van der Waals surface area contributed by atoms with Crippen molar-refractivity contribution in [3.63, 3.8) is 0 Å². The lowest BCUT2D eigenvalue weighted by atomic mass is 9.92. The van der Waals surface area contributed by atoms with Crippen LogP contribution in [0.25, 0.3) is 0 Å². The zero-order valence-electron chi connectivity index (χ0n) is 11.3. The number of aromatic nitrogens is 1. The van der Waals surface area contributed by atoms with E-state index >= 15 is 0 Å². The van der Waals surface area contributed by atoms with Crippen LogP contribution in [-0.4, -0.2) is 24.0 Å². The average molecular weight is 247 g/mol. The van der Waals surface area contributed by atoms with Crippen LogP contribution in [0, 0.1) is 5.41 Å². The molecule has 98 valence electrons. The minimum atomic E-state index is -0.0323. The number of pyridine rings is 1. The van der Waals surface area contributed by atoms with Gasteiger partial charge in [-0.25, -0.2) is 4.98 Å². The second-order valence-electron chi connectivity index (χ2n) is 5.73. The minimum Gasteiger partial charge on any atom is -0.372 e. The number of nitrogens with one attached hydrogen (secondary N) is 2. The third-order valence-electron chi connectivity index (χ3n) is 3.59. The molecule has 0 radical (unpaired) electrons. The van der Waals surface area contributed by atoms with Crippen LogP contribution in [0.1, 0.15) is 43.5 Å². The second-order valence-corrected chi connectivity index (χ2v) is 5.73. The first-order valence-electron chi connectivity index (χ1n) is 6.45. The molecule has 1 amide bonds. The Kier molecular flexibility index (Phi) is 3.55. The van der Waals surface area contributed by atoms with Crippen LogP contribution in [0.2, 0.25) is 0 Å². The number of carbonyl (C=O) groups excluding carboxylic acids is 1. The Balaban J connectivity index is 2.04. The summed E-state index contributed by atoms with van der Waals surface area (Å²) in [5.41, 5.74) is 0.961. The Labute approximate surface area is 108 Å². The number of hydrogen-bond donors (Lipinski definition) is 2. The summed E-state index contributed by atoms with van der Waals surface area (Å²) < 4.78 is 0. The predicted octanol–water partition coefficient (Wildman–Crippen LogP) is 2.43. The summed E-state index contributed by atoms with van der Waals surface area (Å²) in [6.45, 7) is 4.50. The first-order valence-corrected chi connectivity index (χ1v) is 6.45. The smallest absolute Gasteiger partial charge is 0.255 e. The summed E-state index contributed by atoms with van der Waals surface area (Å²) in [6.07, 6.45) is 4.97. The predicted molar refractivity (Wildman–Crippen MR) is 72.7 cm³/mol. The van der Waals surface area contributed by atoms with Crippen molar-refractivity contribution in [2.45, 2.75) is 39.2 Å². The fourth-order valence-corrected chi connectivity index (χ4v) is 2.61. The fraction of sp³-hybridized carbons (Fsp3) is 0.571. The van der Waals surface area contributed by atoms with E-state index in [0.717, 1.165) is 12.8 Å². The molecule has 1 aromatic rings. The lowest BCUT2D eigenvalue weighted by Gasteiger charge is -2.18. The summed E-state index contributed by atoms with van der Waals surface area (Å²) in [7, 11) is 1.78. The van der Waals surface area contributed by atoms with Gasteiger partial charge in [-0.3, -0.25) is 4.79 Å². The van der Waals surface area contributed by atoms with Gasteiger partial charge in [-0.2, -0.15) is 0 Å². The van der Waals surface area contributed by atoms with Crippen LogP contribution < -0.4 is 10.6 Å². The maximum absolute atomic E-state index is 12.2. The van der Waals surface area contributed by atoms with Crippen LogP contribution in [0.3, 0.4) is 0 Å². The van der Waals surface area contributed by atoms with Gasteiger partial charge in [0, 0.05) is 19.3 Å². The fourth-order valence-electron chi connectivity index (χ4n) is 2.61. The van der Waals surface area contributed by atoms with Gasteiger partial charge in [0.15, 0.2) is 0 Å². The van der Waals surface area contributed by atoms with Crippen molar-refractivity contribution in [1.82, 2.24) is 10.3 Å². The van der Waals surface area contributed by atoms with Crippen molar-refractivity contribution in [1.29, 1.82) is 0 Å². The molecule has 0 aromatic carbocycles. The Morgan fingerprint density at radius 1 is 1.50 bits per heavy atom. The van der Waals surface area contributed by atoms with E-state index in [1.54, 1.807) is 25.4 Å². The van der Waals surface area contributed by atoms with Gasteiger partial charge in [-0.15, -0.1) is 0 Å². The van der Waals surface area contributed by atoms with E-state index in [4.69, 9.17) is 0 Å². The van der Waals surface area contributed by atoms with Crippen LogP contribution >= 0.6 is 0 Å². The summed E-state index contributed by atoms with van der Waals surface area (Å²) in [5.74, 6) is 0.599. The molecule has 18 heavy (non-hydrogen) atoms. The molecule has 1 unspecified atom stereocenters. The maximum Gasteiger partial charge on any atom is 0.255 e. The van der Waals surface area contributed by atoms with E-state index in [-0.39, 0.29) is 11.9 Å². The lowest BCUT2D eigenvalue weighted by molar-refractivity contribution is 0.0936. The zero-order chi connectivity index (χ0) is 13.2. The van der Waals surface area contributed by atoms with Gasteiger partial charge < -0.3 is 10.6 Å². The van der Waals surface area contributed by atoms with Crippen LogP contribution in [0.15, 0.2) is 18.3 Å². The normalized spacial score (nSPS) is 21.6. The standard InChI is InChI=1S/C14H21N3O/c1-14(2)7-6-10(9-14)17-13(18)11-5-4-8-16-12(11)15-3/h4-5,8,10H,6-7,9H2,1-3H3,(H,15,16)(H,17,18). The average Bonchev–Trinajstić information content (AvgIpc) is 2.68. The number of hydrogen-bond acceptors (Lipinski definition) is 3. The van der Waals surface area contributed by atoms with Crippen molar-refractivity contribution in [2.75, 3.05) is 12.4 Å². The molecule has 1 aliphatic carbocycles. The van der Waals surface area contributed by atoms with E-state index < -0.39 is 0 Å². The van der Waals surface area contributed by atoms with E-state index in [1.807, 2.05) is 0 Å². The SMILES string of the molecule is CNc1ncccc1C(=O)NC1CCC(C)(C)C1. The molecule has 4 heteroatoms. The monoisotopic (exact) mass is 247 g/mol. The van der Waals surface area contributed by atoms with Crippen molar-refractivity contribution in [2.24, 2.45) is 5.41 Å². The Morgan fingerprint density at radius 3 is 2.89 bits per heavy atom. The Hall–Kier alpha value is -1.58. The molecular formula is C14H21N3O. The summed E-state index contributed by atoms with van der Waals surface area (Å²) in [4.78, 5) is 16.3. The van der Waals surface area contributed by atoms with Crippen molar-refractivity contribution >= 4 is 11.7 Å². The molecule has 2 N–H and O–H groups in total. The molecule has 1 aromatic heterocycles. The summed E-state index contributed by atoms with van der Waals surface area (Å²) >= 11 is 0. The van der Waals surface area contributed by atoms with Gasteiger partial charge >= 0.3 is 0 Å². The van der Waals surface area contributed by atoms with Crippen molar-refractivity contribution in [3.05, 3.63) is 23.9 Å². The molecule has 1 heterocycles. The van der Waals surface area contributed by atoms with Crippen molar-refractivity contribution in [3.8, 4) is 0 Å². The molecule has 1 fully saturated rings. The number of rotatable bonds is 3. The van der Waals surface area contributed by atoms with Crippen LogP contribution in [-0.2, 0) is 0 Å². The van der Waals surface area contributed by atoms with Gasteiger partial charge in [-0.05, 0) is 36.8 Å². The zero-order valence-corrected chi connectivity index (χ0v) is 11.3. The highest BCUT2D eigenvalue weighted by Gasteiger charge is 2.32. The van der Waals surface area contributed by atoms with E-state index in [9.17, 15) is 4.79 Å². The number of carbonyl (C=O) groups is 1.